The number of anilines is 2. The first-order chi connectivity index (χ1) is 21.7. The van der Waals surface area contributed by atoms with Crippen LogP contribution in [0.5, 0.6) is 11.5 Å². The molecule has 0 bridgehead atoms. The van der Waals surface area contributed by atoms with Crippen molar-refractivity contribution in [3.63, 3.8) is 0 Å². The van der Waals surface area contributed by atoms with Gasteiger partial charge < -0.3 is 24.4 Å². The monoisotopic (exact) mass is 635 g/mol. The summed E-state index contributed by atoms with van der Waals surface area (Å²) in [4.78, 5) is 38.6. The van der Waals surface area contributed by atoms with Crippen molar-refractivity contribution in [3.8, 4) is 11.5 Å². The number of aromatic nitrogens is 2. The smallest absolute Gasteiger partial charge is 0.319 e. The molecule has 1 amide bonds. The summed E-state index contributed by atoms with van der Waals surface area (Å²) in [5.74, 6) is 2.62. The minimum atomic E-state index is -0.459. The number of ether oxygens (including phenoxy) is 3. The predicted octanol–water partition coefficient (Wildman–Crippen LogP) is 5.36. The van der Waals surface area contributed by atoms with Gasteiger partial charge in [0.1, 0.15) is 5.82 Å². The van der Waals surface area contributed by atoms with Gasteiger partial charge in [0.2, 0.25) is 5.91 Å². The van der Waals surface area contributed by atoms with Gasteiger partial charge in [-0.2, -0.15) is 0 Å². The number of fused-ring (bicyclic) bond motifs is 1. The van der Waals surface area contributed by atoms with Crippen LogP contribution >= 0.6 is 11.6 Å². The summed E-state index contributed by atoms with van der Waals surface area (Å²) in [6, 6.07) is 11.3. The van der Waals surface area contributed by atoms with Gasteiger partial charge in [0.25, 0.3) is 0 Å². The average Bonchev–Trinajstić information content (AvgIpc) is 3.04. The largest absolute Gasteiger partial charge is 0.493 e. The Hall–Kier alpha value is -3.89. The number of esters is 1. The number of benzene rings is 2. The molecule has 45 heavy (non-hydrogen) atoms. The zero-order chi connectivity index (χ0) is 32.1. The number of methoxy groups -OCH3 is 2. The highest BCUT2D eigenvalue weighted by molar-refractivity contribution is 6.30. The van der Waals surface area contributed by atoms with Gasteiger partial charge in [0.15, 0.2) is 17.3 Å². The first-order valence-corrected chi connectivity index (χ1v) is 15.8. The van der Waals surface area contributed by atoms with Gasteiger partial charge in [-0.3, -0.25) is 14.5 Å². The summed E-state index contributed by atoms with van der Waals surface area (Å²) >= 11 is 6.25. The van der Waals surface area contributed by atoms with E-state index in [1.165, 1.54) is 7.11 Å². The van der Waals surface area contributed by atoms with Crippen molar-refractivity contribution in [1.82, 2.24) is 15.3 Å². The second-order valence-corrected chi connectivity index (χ2v) is 12.5. The van der Waals surface area contributed by atoms with E-state index in [0.717, 1.165) is 54.7 Å². The molecular weight excluding hydrogens is 594 g/mol. The van der Waals surface area contributed by atoms with Gasteiger partial charge >= 0.3 is 5.97 Å². The Balaban J connectivity index is 1.36. The molecule has 1 unspecified atom stereocenters. The van der Waals surface area contributed by atoms with Crippen LogP contribution in [0.4, 0.5) is 11.6 Å². The Morgan fingerprint density at radius 1 is 1.07 bits per heavy atom. The molecule has 1 aliphatic heterocycles. The van der Waals surface area contributed by atoms with E-state index in [9.17, 15) is 9.59 Å². The molecule has 1 atom stereocenters. The van der Waals surface area contributed by atoms with E-state index in [1.807, 2.05) is 57.3 Å². The molecular formula is C34H42ClN5O5. The van der Waals surface area contributed by atoms with Crippen molar-refractivity contribution in [3.05, 3.63) is 70.5 Å². The van der Waals surface area contributed by atoms with E-state index in [2.05, 4.69) is 10.2 Å². The number of hydrogen-bond donors (Lipinski definition) is 1. The van der Waals surface area contributed by atoms with Gasteiger partial charge in [-0.25, -0.2) is 9.97 Å². The third-order valence-electron chi connectivity index (χ3n) is 8.54. The highest BCUT2D eigenvalue weighted by Crippen LogP contribution is 2.43. The Kier molecular flexibility index (Phi) is 10.5. The van der Waals surface area contributed by atoms with Crippen molar-refractivity contribution in [2.24, 2.45) is 5.92 Å². The van der Waals surface area contributed by atoms with Gasteiger partial charge in [-0.1, -0.05) is 23.7 Å². The molecule has 0 saturated heterocycles. The first-order valence-electron chi connectivity index (χ1n) is 15.4. The summed E-state index contributed by atoms with van der Waals surface area (Å²) in [5, 5.41) is 3.91. The van der Waals surface area contributed by atoms with E-state index in [0.29, 0.717) is 34.3 Å². The molecule has 2 aromatic carbocycles. The maximum Gasteiger partial charge on any atom is 0.319 e. The fraction of sp³-hybridized carbons (Fsp3) is 0.471. The molecule has 1 fully saturated rings. The summed E-state index contributed by atoms with van der Waals surface area (Å²) < 4.78 is 16.5. The van der Waals surface area contributed by atoms with Gasteiger partial charge in [0, 0.05) is 24.7 Å². The summed E-state index contributed by atoms with van der Waals surface area (Å²) in [6.07, 6.45) is 7.71. The lowest BCUT2D eigenvalue weighted by molar-refractivity contribution is -0.139. The van der Waals surface area contributed by atoms with Crippen LogP contribution in [0.3, 0.4) is 0 Å². The lowest BCUT2D eigenvalue weighted by Crippen LogP contribution is -2.41. The molecule has 0 radical (unpaired) electrons. The normalized spacial score (nSPS) is 19.7. The Morgan fingerprint density at radius 3 is 2.42 bits per heavy atom. The fourth-order valence-electron chi connectivity index (χ4n) is 6.26. The number of nitrogens with zero attached hydrogens (tertiary/aromatic N) is 4. The number of rotatable bonds is 11. The van der Waals surface area contributed by atoms with Crippen LogP contribution in [0.25, 0.3) is 0 Å². The molecule has 0 spiro atoms. The van der Waals surface area contributed by atoms with Crippen molar-refractivity contribution in [2.45, 2.75) is 64.1 Å². The van der Waals surface area contributed by atoms with Crippen molar-refractivity contribution < 1.29 is 23.8 Å². The van der Waals surface area contributed by atoms with Crippen LogP contribution < -0.4 is 24.6 Å². The molecule has 1 N–H and O–H groups in total. The molecule has 11 heteroatoms. The molecule has 5 rings (SSSR count). The molecule has 1 aromatic heterocycles. The third-order valence-corrected chi connectivity index (χ3v) is 8.79. The fourth-order valence-corrected chi connectivity index (χ4v) is 6.39. The van der Waals surface area contributed by atoms with Crippen LogP contribution in [0.1, 0.15) is 62.3 Å². The number of carbonyl (C=O) groups is 2. The second-order valence-electron chi connectivity index (χ2n) is 12.1. The lowest BCUT2D eigenvalue weighted by atomic mass is 9.85. The first kappa shape index (κ1) is 32.5. The molecule has 3 aromatic rings. The van der Waals surface area contributed by atoms with E-state index < -0.39 is 6.04 Å². The standard InChI is InChI=1S/C34H42ClN5O5/c1-21(2)45-29-16-27-24(14-28(29)43-4)15-32(41)40(34(27)23-8-10-25(35)11-9-23)31-18-37-30(17-38-31)39(3)20-22-6-12-26(13-7-22)36-19-33(42)44-5/h8-11,14,16-18,21-22,26,34,36H,6-7,12-13,15,19-20H2,1-5H3. The Labute approximate surface area is 270 Å². The maximum absolute atomic E-state index is 13.8. The van der Waals surface area contributed by atoms with Gasteiger partial charge in [-0.15, -0.1) is 0 Å². The molecule has 2 heterocycles. The minimum absolute atomic E-state index is 0.0547. The van der Waals surface area contributed by atoms with Crippen molar-refractivity contribution in [2.75, 3.05) is 44.2 Å². The second kappa shape index (κ2) is 14.5. The Morgan fingerprint density at radius 2 is 1.80 bits per heavy atom. The summed E-state index contributed by atoms with van der Waals surface area (Å²) in [7, 11) is 5.03. The number of halogens is 1. The highest BCUT2D eigenvalue weighted by Gasteiger charge is 2.37. The zero-order valence-electron chi connectivity index (χ0n) is 26.6. The zero-order valence-corrected chi connectivity index (χ0v) is 27.3. The van der Waals surface area contributed by atoms with Crippen LogP contribution in [-0.2, 0) is 20.7 Å². The van der Waals surface area contributed by atoms with E-state index >= 15 is 0 Å². The van der Waals surface area contributed by atoms with E-state index in [-0.39, 0.29) is 30.9 Å². The van der Waals surface area contributed by atoms with Crippen LogP contribution in [0, 0.1) is 5.92 Å². The minimum Gasteiger partial charge on any atom is -0.493 e. The molecule has 10 nitrogen and oxygen atoms in total. The number of hydrogen-bond acceptors (Lipinski definition) is 9. The van der Waals surface area contributed by atoms with E-state index in [4.69, 9.17) is 35.8 Å². The van der Waals surface area contributed by atoms with Gasteiger partial charge in [-0.05, 0) is 86.4 Å². The summed E-state index contributed by atoms with van der Waals surface area (Å²) in [6.45, 7) is 5.03. The predicted molar refractivity (Wildman–Crippen MR) is 174 cm³/mol. The molecule has 1 aliphatic carbocycles. The average molecular weight is 636 g/mol. The summed E-state index contributed by atoms with van der Waals surface area (Å²) in [5.41, 5.74) is 2.71. The van der Waals surface area contributed by atoms with Gasteiger partial charge in [0.05, 0.1) is 51.7 Å². The highest BCUT2D eigenvalue weighted by atomic mass is 35.5. The quantitative estimate of drug-likeness (QED) is 0.279. The number of amides is 1. The molecule has 1 saturated carbocycles. The SMILES string of the molecule is COC(=O)CNC1CCC(CN(C)c2cnc(N3C(=O)Cc4cc(OC)c(OC(C)C)cc4C3c3ccc(Cl)cc3)cn2)CC1. The molecule has 2 aliphatic rings. The van der Waals surface area contributed by atoms with Crippen molar-refractivity contribution >= 4 is 35.1 Å². The topological polar surface area (TPSA) is 106 Å². The Bertz CT molecular complexity index is 1480. The lowest BCUT2D eigenvalue weighted by Gasteiger charge is -2.37. The third kappa shape index (κ3) is 7.68. The van der Waals surface area contributed by atoms with E-state index in [1.54, 1.807) is 24.4 Å². The number of nitrogens with one attached hydrogen (secondary N) is 1. The van der Waals surface area contributed by atoms with Crippen LogP contribution in [0.15, 0.2) is 48.8 Å². The number of carbonyl (C=O) groups excluding carboxylic acids is 2. The van der Waals surface area contributed by atoms with Crippen LogP contribution in [0.2, 0.25) is 5.02 Å². The van der Waals surface area contributed by atoms with Crippen LogP contribution in [-0.4, -0.2) is 68.3 Å². The van der Waals surface area contributed by atoms with Crippen molar-refractivity contribution in [1.29, 1.82) is 0 Å². The molecule has 240 valence electrons. The maximum atomic E-state index is 13.8.